The van der Waals surface area contributed by atoms with Crippen molar-refractivity contribution in [1.82, 2.24) is 25.3 Å². The number of benzene rings is 1. The zero-order valence-corrected chi connectivity index (χ0v) is 19.5. The van der Waals surface area contributed by atoms with Crippen molar-refractivity contribution in [3.05, 3.63) is 54.2 Å². The number of primary sulfonamides is 1. The van der Waals surface area contributed by atoms with Crippen molar-refractivity contribution in [2.45, 2.75) is 37.4 Å². The predicted octanol–water partition coefficient (Wildman–Crippen LogP) is 2.22. The summed E-state index contributed by atoms with van der Waals surface area (Å²) in [5.41, 5.74) is 1.05. The Balaban J connectivity index is 1.42. The van der Waals surface area contributed by atoms with Gasteiger partial charge in [-0.1, -0.05) is 19.1 Å². The van der Waals surface area contributed by atoms with Crippen LogP contribution in [-0.2, 0) is 28.0 Å². The lowest BCUT2D eigenvalue weighted by atomic mass is 10.0. The van der Waals surface area contributed by atoms with Crippen LogP contribution in [0.15, 0.2) is 51.5 Å². The Morgan fingerprint density at radius 1 is 1.33 bits per heavy atom. The molecule has 11 nitrogen and oxygen atoms in total. The zero-order valence-electron chi connectivity index (χ0n) is 17.8. The largest absolute Gasteiger partial charge is 0.487 e. The van der Waals surface area contributed by atoms with Crippen LogP contribution in [0.1, 0.15) is 31.3 Å². The number of carbonyl (C=O) groups is 1. The van der Waals surface area contributed by atoms with Gasteiger partial charge in [0, 0.05) is 0 Å². The summed E-state index contributed by atoms with van der Waals surface area (Å²) >= 11 is 0.971. The van der Waals surface area contributed by atoms with Gasteiger partial charge in [-0.2, -0.15) is 0 Å². The Morgan fingerprint density at radius 3 is 2.85 bits per heavy atom. The van der Waals surface area contributed by atoms with Crippen molar-refractivity contribution < 1.29 is 22.4 Å². The van der Waals surface area contributed by atoms with Crippen LogP contribution in [0.3, 0.4) is 0 Å². The molecule has 174 valence electrons. The summed E-state index contributed by atoms with van der Waals surface area (Å²) in [6, 6.07) is 8.02. The van der Waals surface area contributed by atoms with E-state index in [9.17, 15) is 13.2 Å². The van der Waals surface area contributed by atoms with Gasteiger partial charge in [0.05, 0.1) is 29.2 Å². The molecule has 0 fully saturated rings. The average Bonchev–Trinajstić information content (AvgIpc) is 3.50. The molecule has 3 heterocycles. The third-order valence-corrected chi connectivity index (χ3v) is 7.07. The van der Waals surface area contributed by atoms with Crippen LogP contribution in [0.25, 0.3) is 10.2 Å². The number of nitrogens with one attached hydrogen (secondary N) is 1. The van der Waals surface area contributed by atoms with Crippen molar-refractivity contribution in [2.75, 3.05) is 0 Å². The Morgan fingerprint density at radius 2 is 2.15 bits per heavy atom. The van der Waals surface area contributed by atoms with Crippen molar-refractivity contribution in [2.24, 2.45) is 11.1 Å². The molecule has 4 rings (SSSR count). The highest BCUT2D eigenvalue weighted by atomic mass is 32.2. The molecular weight excluding hydrogens is 468 g/mol. The summed E-state index contributed by atoms with van der Waals surface area (Å²) in [7, 11) is -3.86. The standard InChI is InChI=1S/C20H22N6O5S2/c1-12(2)18(19(27)22-9-15-4-3-7-30-15)26-10-13(24-25-26)11-31-14-5-6-16-17(8-14)32-20(23-16)33(21,28)29/h3-8,10,12,18H,9,11H2,1-2H3,(H,22,27)(H2,21,28,29)/t18-/m0/s1. The molecule has 0 radical (unpaired) electrons. The van der Waals surface area contributed by atoms with Gasteiger partial charge in [0.25, 0.3) is 10.0 Å². The van der Waals surface area contributed by atoms with Crippen LogP contribution in [0.2, 0.25) is 0 Å². The second-order valence-electron chi connectivity index (χ2n) is 7.62. The second kappa shape index (κ2) is 9.29. The predicted molar refractivity (Wildman–Crippen MR) is 120 cm³/mol. The lowest BCUT2D eigenvalue weighted by Crippen LogP contribution is -2.35. The Hall–Kier alpha value is -3.29. The van der Waals surface area contributed by atoms with Gasteiger partial charge in [-0.3, -0.25) is 4.79 Å². The first-order valence-electron chi connectivity index (χ1n) is 9.97. The molecule has 1 amide bonds. The van der Waals surface area contributed by atoms with Crippen LogP contribution in [0.5, 0.6) is 5.75 Å². The molecule has 3 N–H and O–H groups in total. The van der Waals surface area contributed by atoms with Crippen LogP contribution < -0.4 is 15.2 Å². The number of nitrogens with zero attached hydrogens (tertiary/aromatic N) is 4. The quantitative estimate of drug-likeness (QED) is 0.362. The first-order chi connectivity index (χ1) is 15.7. The Labute approximate surface area is 193 Å². The van der Waals surface area contributed by atoms with E-state index in [0.29, 0.717) is 27.4 Å². The molecular formula is C20H22N6O5S2. The number of amides is 1. The monoisotopic (exact) mass is 490 g/mol. The summed E-state index contributed by atoms with van der Waals surface area (Å²) in [6.45, 7) is 4.25. The van der Waals surface area contributed by atoms with Gasteiger partial charge in [-0.05, 0) is 36.2 Å². The molecule has 0 unspecified atom stereocenters. The van der Waals surface area contributed by atoms with Gasteiger partial charge in [0.15, 0.2) is 0 Å². The van der Waals surface area contributed by atoms with E-state index < -0.39 is 16.1 Å². The molecule has 4 aromatic rings. The lowest BCUT2D eigenvalue weighted by Gasteiger charge is -2.19. The van der Waals surface area contributed by atoms with Crippen molar-refractivity contribution in [1.29, 1.82) is 0 Å². The fourth-order valence-electron chi connectivity index (χ4n) is 3.19. The minimum absolute atomic E-state index is 0.0289. The number of furan rings is 1. The van der Waals surface area contributed by atoms with Crippen molar-refractivity contribution in [3.8, 4) is 5.75 Å². The number of fused-ring (bicyclic) bond motifs is 1. The molecule has 3 aromatic heterocycles. The molecule has 0 saturated heterocycles. The fraction of sp³-hybridized carbons (Fsp3) is 0.300. The first-order valence-corrected chi connectivity index (χ1v) is 12.3. The van der Waals surface area contributed by atoms with Crippen molar-refractivity contribution in [3.63, 3.8) is 0 Å². The summed E-state index contributed by atoms with van der Waals surface area (Å²) in [5, 5.41) is 16.2. The van der Waals surface area contributed by atoms with E-state index >= 15 is 0 Å². The number of ether oxygens (including phenoxy) is 1. The minimum Gasteiger partial charge on any atom is -0.487 e. The molecule has 1 aromatic carbocycles. The summed E-state index contributed by atoms with van der Waals surface area (Å²) in [6.07, 6.45) is 3.22. The first kappa shape index (κ1) is 22.9. The van der Waals surface area contributed by atoms with Crippen LogP contribution in [-0.4, -0.2) is 34.3 Å². The minimum atomic E-state index is -3.86. The topological polar surface area (TPSA) is 155 Å². The zero-order chi connectivity index (χ0) is 23.6. The maximum absolute atomic E-state index is 12.7. The number of thiazole rings is 1. The lowest BCUT2D eigenvalue weighted by molar-refractivity contribution is -0.126. The number of carbonyl (C=O) groups excluding carboxylic acids is 1. The SMILES string of the molecule is CC(C)[C@@H](C(=O)NCc1ccco1)n1cc(COc2ccc3nc(S(N)(=O)=O)sc3c2)nn1. The van der Waals surface area contributed by atoms with Gasteiger partial charge < -0.3 is 14.5 Å². The Bertz CT molecular complexity index is 1360. The molecule has 0 aliphatic heterocycles. The molecule has 0 saturated carbocycles. The number of rotatable bonds is 9. The second-order valence-corrected chi connectivity index (χ2v) is 10.4. The van der Waals surface area contributed by atoms with Gasteiger partial charge in [-0.25, -0.2) is 23.2 Å². The molecule has 0 spiro atoms. The van der Waals surface area contributed by atoms with Gasteiger partial charge in [-0.15, -0.1) is 16.4 Å². The Kier molecular flexibility index (Phi) is 6.44. The fourth-order valence-corrected chi connectivity index (χ4v) is 4.87. The highest BCUT2D eigenvalue weighted by Crippen LogP contribution is 2.28. The number of aromatic nitrogens is 4. The molecule has 33 heavy (non-hydrogen) atoms. The maximum Gasteiger partial charge on any atom is 0.265 e. The third-order valence-electron chi connectivity index (χ3n) is 4.73. The molecule has 1 atom stereocenters. The van der Waals surface area contributed by atoms with Crippen LogP contribution >= 0.6 is 11.3 Å². The number of sulfonamides is 1. The summed E-state index contributed by atoms with van der Waals surface area (Å²) < 4.78 is 36.0. The highest BCUT2D eigenvalue weighted by Gasteiger charge is 2.25. The van der Waals surface area contributed by atoms with E-state index in [0.717, 1.165) is 11.3 Å². The number of hydrogen-bond acceptors (Lipinski definition) is 9. The van der Waals surface area contributed by atoms with E-state index in [2.05, 4.69) is 20.6 Å². The molecule has 0 aliphatic rings. The average molecular weight is 491 g/mol. The molecule has 0 bridgehead atoms. The molecule has 0 aliphatic carbocycles. The number of hydrogen-bond donors (Lipinski definition) is 2. The van der Waals surface area contributed by atoms with Crippen LogP contribution in [0.4, 0.5) is 0 Å². The van der Waals surface area contributed by atoms with Gasteiger partial charge >= 0.3 is 0 Å². The number of nitrogens with two attached hydrogens (primary N) is 1. The van der Waals surface area contributed by atoms with E-state index in [4.69, 9.17) is 14.3 Å². The van der Waals surface area contributed by atoms with Gasteiger partial charge in [0.2, 0.25) is 10.2 Å². The highest BCUT2D eigenvalue weighted by molar-refractivity contribution is 7.91. The maximum atomic E-state index is 12.7. The summed E-state index contributed by atoms with van der Waals surface area (Å²) in [4.78, 5) is 16.7. The van der Waals surface area contributed by atoms with Crippen molar-refractivity contribution >= 4 is 37.5 Å². The van der Waals surface area contributed by atoms with Gasteiger partial charge in [0.1, 0.15) is 29.9 Å². The normalized spacial score (nSPS) is 12.8. The van der Waals surface area contributed by atoms with Crippen LogP contribution in [0, 0.1) is 5.92 Å². The van der Waals surface area contributed by atoms with E-state index in [1.807, 2.05) is 13.8 Å². The van der Waals surface area contributed by atoms with E-state index in [1.54, 1.807) is 42.8 Å². The van der Waals surface area contributed by atoms with E-state index in [1.165, 1.54) is 4.68 Å². The summed E-state index contributed by atoms with van der Waals surface area (Å²) in [5.74, 6) is 0.949. The van der Waals surface area contributed by atoms with E-state index in [-0.39, 0.29) is 29.3 Å². The molecule has 13 heteroatoms. The smallest absolute Gasteiger partial charge is 0.265 e. The third kappa shape index (κ3) is 5.38.